The Bertz CT molecular complexity index is 1310. The van der Waals surface area contributed by atoms with E-state index >= 15 is 0 Å². The Balaban J connectivity index is 1.71. The van der Waals surface area contributed by atoms with Crippen LogP contribution in [0.5, 0.6) is 5.75 Å². The molecule has 0 fully saturated rings. The molecule has 0 N–H and O–H groups in total. The molecule has 0 amide bonds. The van der Waals surface area contributed by atoms with Crippen molar-refractivity contribution in [2.24, 2.45) is 0 Å². The summed E-state index contributed by atoms with van der Waals surface area (Å²) in [6, 6.07) is 17.5. The Morgan fingerprint density at radius 1 is 0.893 bits per heavy atom. The van der Waals surface area contributed by atoms with Gasteiger partial charge in [0.15, 0.2) is 5.43 Å². The lowest BCUT2D eigenvalue weighted by Crippen LogP contribution is -2.10. The van der Waals surface area contributed by atoms with Crippen molar-refractivity contribution in [1.29, 1.82) is 0 Å². The first-order valence-corrected chi connectivity index (χ1v) is 9.66. The molecule has 0 atom stereocenters. The van der Waals surface area contributed by atoms with Crippen molar-refractivity contribution in [3.63, 3.8) is 0 Å². The van der Waals surface area contributed by atoms with E-state index in [4.69, 9.17) is 8.60 Å². The van der Waals surface area contributed by atoms with E-state index in [2.05, 4.69) is 0 Å². The highest BCUT2D eigenvalue weighted by atomic mass is 32.2. The van der Waals surface area contributed by atoms with Crippen LogP contribution in [0.15, 0.2) is 93.2 Å². The molecule has 4 aromatic rings. The van der Waals surface area contributed by atoms with Crippen molar-refractivity contribution in [2.45, 2.75) is 4.90 Å². The Kier molecular flexibility index (Phi) is 4.44. The van der Waals surface area contributed by atoms with Crippen molar-refractivity contribution in [3.05, 3.63) is 95.1 Å². The second-order valence-corrected chi connectivity index (χ2v) is 7.54. The third-order valence-electron chi connectivity index (χ3n) is 4.14. The minimum Gasteiger partial charge on any atom is -0.463 e. The number of hydrogen-bond donors (Lipinski definition) is 0. The van der Waals surface area contributed by atoms with Gasteiger partial charge in [-0.2, -0.15) is 8.42 Å². The fourth-order valence-corrected chi connectivity index (χ4v) is 3.68. The van der Waals surface area contributed by atoms with Gasteiger partial charge in [-0.3, -0.25) is 4.79 Å². The van der Waals surface area contributed by atoms with Gasteiger partial charge in [-0.25, -0.2) is 4.39 Å². The van der Waals surface area contributed by atoms with Crippen LogP contribution in [0.2, 0.25) is 0 Å². The van der Waals surface area contributed by atoms with Gasteiger partial charge in [0.2, 0.25) is 0 Å². The van der Waals surface area contributed by atoms with Crippen LogP contribution >= 0.6 is 0 Å². The zero-order valence-corrected chi connectivity index (χ0v) is 15.1. The minimum absolute atomic E-state index is 0.0209. The Morgan fingerprint density at radius 3 is 2.32 bits per heavy atom. The topological polar surface area (TPSA) is 73.6 Å². The molecule has 0 aliphatic heterocycles. The van der Waals surface area contributed by atoms with Gasteiger partial charge >= 0.3 is 10.1 Å². The smallest absolute Gasteiger partial charge is 0.339 e. The highest BCUT2D eigenvalue weighted by Crippen LogP contribution is 2.25. The Morgan fingerprint density at radius 2 is 1.61 bits per heavy atom. The third-order valence-corrected chi connectivity index (χ3v) is 5.40. The van der Waals surface area contributed by atoms with Gasteiger partial charge in [0.1, 0.15) is 28.3 Å². The highest BCUT2D eigenvalue weighted by Gasteiger charge is 2.18. The van der Waals surface area contributed by atoms with Crippen molar-refractivity contribution in [3.8, 4) is 16.9 Å². The van der Waals surface area contributed by atoms with Crippen LogP contribution in [-0.2, 0) is 10.1 Å². The lowest BCUT2D eigenvalue weighted by atomic mass is 10.1. The van der Waals surface area contributed by atoms with Crippen LogP contribution in [0.1, 0.15) is 0 Å². The summed E-state index contributed by atoms with van der Waals surface area (Å²) in [6.45, 7) is 0. The summed E-state index contributed by atoms with van der Waals surface area (Å²) in [5.41, 5.74) is 1.08. The van der Waals surface area contributed by atoms with Crippen LogP contribution < -0.4 is 9.61 Å². The van der Waals surface area contributed by atoms with Crippen LogP contribution in [0.4, 0.5) is 4.39 Å². The monoisotopic (exact) mass is 396 g/mol. The zero-order chi connectivity index (χ0) is 19.7. The predicted octanol–water partition coefficient (Wildman–Crippen LogP) is 4.37. The standard InChI is InChI=1S/C21H13FO5S/c22-15-6-9-17(10-7-15)28(24,25)27-16-8-11-18-20(12-16)26-13-19(21(18)23)14-4-2-1-3-5-14/h1-13H. The van der Waals surface area contributed by atoms with E-state index in [1.807, 2.05) is 18.2 Å². The van der Waals surface area contributed by atoms with Crippen molar-refractivity contribution >= 4 is 21.1 Å². The summed E-state index contributed by atoms with van der Waals surface area (Å²) in [5, 5.41) is 0.299. The Labute approximate surface area is 159 Å². The van der Waals surface area contributed by atoms with E-state index in [0.717, 1.165) is 29.8 Å². The van der Waals surface area contributed by atoms with E-state index < -0.39 is 15.9 Å². The van der Waals surface area contributed by atoms with Crippen LogP contribution in [0.25, 0.3) is 22.1 Å². The molecule has 4 rings (SSSR count). The summed E-state index contributed by atoms with van der Waals surface area (Å²) >= 11 is 0. The second kappa shape index (κ2) is 6.94. The molecule has 0 spiro atoms. The van der Waals surface area contributed by atoms with Crippen LogP contribution in [-0.4, -0.2) is 8.42 Å². The van der Waals surface area contributed by atoms with Crippen LogP contribution in [0, 0.1) is 5.82 Å². The van der Waals surface area contributed by atoms with Gasteiger partial charge in [0.05, 0.1) is 10.9 Å². The summed E-state index contributed by atoms with van der Waals surface area (Å²) in [7, 11) is -4.15. The molecule has 7 heteroatoms. The second-order valence-electron chi connectivity index (χ2n) is 5.99. The molecular formula is C21H13FO5S. The molecule has 0 saturated carbocycles. The van der Waals surface area contributed by atoms with Crippen molar-refractivity contribution in [2.75, 3.05) is 0 Å². The third kappa shape index (κ3) is 3.39. The normalized spacial score (nSPS) is 11.5. The van der Waals surface area contributed by atoms with Crippen LogP contribution in [0.3, 0.4) is 0 Å². The highest BCUT2D eigenvalue weighted by molar-refractivity contribution is 7.87. The number of hydrogen-bond acceptors (Lipinski definition) is 5. The molecule has 5 nitrogen and oxygen atoms in total. The number of benzene rings is 3. The molecule has 0 saturated heterocycles. The van der Waals surface area contributed by atoms with E-state index in [1.165, 1.54) is 24.5 Å². The molecule has 0 radical (unpaired) electrons. The Hall–Kier alpha value is -3.45. The molecule has 140 valence electrons. The predicted molar refractivity (Wildman–Crippen MR) is 102 cm³/mol. The zero-order valence-electron chi connectivity index (χ0n) is 14.3. The van der Waals surface area contributed by atoms with Crippen molar-refractivity contribution < 1.29 is 21.4 Å². The summed E-state index contributed by atoms with van der Waals surface area (Å²) in [4.78, 5) is 12.5. The molecule has 0 unspecified atom stereocenters. The lowest BCUT2D eigenvalue weighted by molar-refractivity contribution is 0.485. The van der Waals surface area contributed by atoms with E-state index in [1.54, 1.807) is 12.1 Å². The molecular weight excluding hydrogens is 383 g/mol. The summed E-state index contributed by atoms with van der Waals surface area (Å²) in [6.07, 6.45) is 1.33. The molecule has 0 bridgehead atoms. The largest absolute Gasteiger partial charge is 0.463 e. The first-order valence-electron chi connectivity index (χ1n) is 8.25. The first kappa shape index (κ1) is 17.9. The molecule has 1 heterocycles. The minimum atomic E-state index is -4.15. The van der Waals surface area contributed by atoms with Gasteiger partial charge in [-0.1, -0.05) is 30.3 Å². The lowest BCUT2D eigenvalue weighted by Gasteiger charge is -2.08. The van der Waals surface area contributed by atoms with Gasteiger partial charge in [-0.05, 0) is 42.0 Å². The molecule has 1 aromatic heterocycles. The SMILES string of the molecule is O=c1c(-c2ccccc2)coc2cc(OS(=O)(=O)c3ccc(F)cc3)ccc12. The first-order chi connectivity index (χ1) is 13.4. The average molecular weight is 396 g/mol. The van der Waals surface area contributed by atoms with Gasteiger partial charge in [0.25, 0.3) is 0 Å². The molecule has 28 heavy (non-hydrogen) atoms. The summed E-state index contributed by atoms with van der Waals surface area (Å²) in [5.74, 6) is -0.576. The van der Waals surface area contributed by atoms with Gasteiger partial charge in [0, 0.05) is 6.07 Å². The van der Waals surface area contributed by atoms with E-state index in [0.29, 0.717) is 10.9 Å². The van der Waals surface area contributed by atoms with E-state index in [9.17, 15) is 17.6 Å². The maximum atomic E-state index is 13.0. The van der Waals surface area contributed by atoms with E-state index in [-0.39, 0.29) is 21.7 Å². The van der Waals surface area contributed by atoms with Gasteiger partial charge < -0.3 is 8.60 Å². The number of fused-ring (bicyclic) bond motifs is 1. The number of rotatable bonds is 4. The fraction of sp³-hybridized carbons (Fsp3) is 0. The fourth-order valence-electron chi connectivity index (χ4n) is 2.75. The maximum absolute atomic E-state index is 13.0. The van der Waals surface area contributed by atoms with Crippen molar-refractivity contribution in [1.82, 2.24) is 0 Å². The van der Waals surface area contributed by atoms with Gasteiger partial charge in [-0.15, -0.1) is 0 Å². The molecule has 0 aliphatic carbocycles. The summed E-state index contributed by atoms with van der Waals surface area (Å²) < 4.78 is 48.2. The average Bonchev–Trinajstić information content (AvgIpc) is 2.69. The number of halogens is 1. The molecule has 3 aromatic carbocycles. The maximum Gasteiger partial charge on any atom is 0.339 e. The molecule has 0 aliphatic rings. The quantitative estimate of drug-likeness (QED) is 0.479.